The van der Waals surface area contributed by atoms with E-state index < -0.39 is 6.09 Å². The van der Waals surface area contributed by atoms with Crippen LogP contribution in [-0.4, -0.2) is 24.0 Å². The van der Waals surface area contributed by atoms with Crippen LogP contribution in [-0.2, 0) is 4.79 Å². The lowest BCUT2D eigenvalue weighted by atomic mass is 10.1. The molecule has 0 aromatic heterocycles. The summed E-state index contributed by atoms with van der Waals surface area (Å²) in [5, 5.41) is 10.6. The summed E-state index contributed by atoms with van der Waals surface area (Å²) in [5.41, 5.74) is 0. The molecule has 0 aromatic carbocycles. The van der Waals surface area contributed by atoms with Crippen molar-refractivity contribution in [3.63, 3.8) is 0 Å². The van der Waals surface area contributed by atoms with E-state index in [2.05, 4.69) is 19.2 Å². The van der Waals surface area contributed by atoms with Crippen molar-refractivity contribution in [2.45, 2.75) is 97.3 Å². The highest BCUT2D eigenvalue weighted by molar-refractivity contribution is 5.64. The second-order valence-electron chi connectivity index (χ2n) is 5.72. The monoisotopic (exact) mass is 315 g/mol. The normalized spacial score (nSPS) is 9.73. The number of hydrogen-bond acceptors (Lipinski definition) is 2. The maximum absolute atomic E-state index is 10.0. The van der Waals surface area contributed by atoms with Gasteiger partial charge >= 0.3 is 6.09 Å². The van der Waals surface area contributed by atoms with Crippen molar-refractivity contribution in [3.8, 4) is 0 Å². The predicted molar refractivity (Wildman–Crippen MR) is 93.5 cm³/mol. The second-order valence-corrected chi connectivity index (χ2v) is 5.72. The molecule has 1 amide bonds. The number of carboxylic acid groups (broad SMARTS) is 1. The van der Waals surface area contributed by atoms with Crippen LogP contribution in [0.1, 0.15) is 97.3 Å². The van der Waals surface area contributed by atoms with Gasteiger partial charge in [0.25, 0.3) is 0 Å². The number of aldehydes is 1. The Bertz CT molecular complexity index is 232. The Morgan fingerprint density at radius 2 is 1.27 bits per heavy atom. The summed E-state index contributed by atoms with van der Waals surface area (Å²) >= 11 is 0. The fourth-order valence-electron chi connectivity index (χ4n) is 2.11. The lowest BCUT2D eigenvalue weighted by Crippen LogP contribution is -2.21. The topological polar surface area (TPSA) is 66.4 Å². The van der Waals surface area contributed by atoms with Crippen LogP contribution >= 0.6 is 0 Å². The molecule has 0 unspecified atom stereocenters. The first-order valence-electron chi connectivity index (χ1n) is 9.09. The van der Waals surface area contributed by atoms with Crippen molar-refractivity contribution < 1.29 is 14.7 Å². The third-order valence-electron chi connectivity index (χ3n) is 3.48. The largest absolute Gasteiger partial charge is 0.465 e. The van der Waals surface area contributed by atoms with Gasteiger partial charge in [-0.15, -0.1) is 0 Å². The molecule has 0 saturated carbocycles. The fourth-order valence-corrected chi connectivity index (χ4v) is 2.11. The molecule has 0 heterocycles. The summed E-state index contributed by atoms with van der Waals surface area (Å²) < 4.78 is 0. The average molecular weight is 315 g/mol. The maximum atomic E-state index is 10.0. The lowest BCUT2D eigenvalue weighted by Gasteiger charge is -2.00. The molecule has 0 aliphatic rings. The molecule has 0 spiro atoms. The number of nitrogens with one attached hydrogen (secondary N) is 1. The Hall–Kier alpha value is -1.06. The smallest absolute Gasteiger partial charge is 0.404 e. The number of carbonyl (C=O) groups is 2. The molecule has 0 aromatic rings. The molecule has 0 radical (unpaired) electrons. The summed E-state index contributed by atoms with van der Waals surface area (Å²) in [5.74, 6) is 0. The van der Waals surface area contributed by atoms with Gasteiger partial charge in [0.2, 0.25) is 0 Å². The summed E-state index contributed by atoms with van der Waals surface area (Å²) in [6.07, 6.45) is 15.7. The predicted octanol–water partition coefficient (Wildman–Crippen LogP) is 5.55. The molecule has 0 rings (SSSR count). The molecule has 2 N–H and O–H groups in total. The number of rotatable bonds is 14. The molecule has 132 valence electrons. The third kappa shape index (κ3) is 27.3. The fraction of sp³-hybridized carbons (Fsp3) is 0.889. The van der Waals surface area contributed by atoms with Gasteiger partial charge in [-0.1, -0.05) is 78.1 Å². The minimum atomic E-state index is -0.913. The average Bonchev–Trinajstić information content (AvgIpc) is 2.50. The highest BCUT2D eigenvalue weighted by Crippen LogP contribution is 2.05. The summed E-state index contributed by atoms with van der Waals surface area (Å²) in [4.78, 5) is 19.9. The highest BCUT2D eigenvalue weighted by Gasteiger charge is 1.93. The molecule has 4 nitrogen and oxygen atoms in total. The van der Waals surface area contributed by atoms with E-state index in [1.54, 1.807) is 0 Å². The van der Waals surface area contributed by atoms with Crippen LogP contribution in [0, 0.1) is 0 Å². The van der Waals surface area contributed by atoms with Crippen LogP contribution in [0.4, 0.5) is 4.79 Å². The van der Waals surface area contributed by atoms with Gasteiger partial charge in [-0.25, -0.2) is 4.79 Å². The van der Waals surface area contributed by atoms with Crippen LogP contribution in [0.2, 0.25) is 0 Å². The quantitative estimate of drug-likeness (QED) is 0.326. The van der Waals surface area contributed by atoms with E-state index in [-0.39, 0.29) is 0 Å². The van der Waals surface area contributed by atoms with Crippen LogP contribution in [0.3, 0.4) is 0 Å². The molecular weight excluding hydrogens is 278 g/mol. The van der Waals surface area contributed by atoms with Gasteiger partial charge in [0.05, 0.1) is 0 Å². The van der Waals surface area contributed by atoms with E-state index >= 15 is 0 Å². The van der Waals surface area contributed by atoms with E-state index in [1.807, 2.05) is 0 Å². The minimum Gasteiger partial charge on any atom is -0.465 e. The number of unbranched alkanes of at least 4 members (excludes halogenated alkanes) is 11. The standard InChI is InChI=1S/C9H19NO2.C9H18O/c1-2-3-4-5-6-7-8-10-9(11)12;1-2-3-4-5-6-7-8-9-10/h10H,2-8H2,1H3,(H,11,12);9H,2-8H2,1H3. The molecule has 0 aliphatic carbocycles. The molecule has 0 bridgehead atoms. The SMILES string of the molecule is CCCCCCCCC=O.CCCCCCCCNC(=O)O. The molecule has 0 fully saturated rings. The number of hydrogen-bond donors (Lipinski definition) is 2. The maximum Gasteiger partial charge on any atom is 0.404 e. The molecule has 0 aliphatic heterocycles. The first-order valence-corrected chi connectivity index (χ1v) is 9.09. The summed E-state index contributed by atoms with van der Waals surface area (Å²) in [6.45, 7) is 5.00. The lowest BCUT2D eigenvalue weighted by molar-refractivity contribution is -0.107. The van der Waals surface area contributed by atoms with Crippen LogP contribution in [0.5, 0.6) is 0 Å². The molecular formula is C18H37NO3. The second kappa shape index (κ2) is 22.2. The molecule has 0 atom stereocenters. The summed E-state index contributed by atoms with van der Waals surface area (Å²) in [7, 11) is 0. The molecule has 4 heteroatoms. The first-order chi connectivity index (χ1) is 10.7. The zero-order valence-electron chi connectivity index (χ0n) is 14.7. The van der Waals surface area contributed by atoms with Gasteiger partial charge in [0.15, 0.2) is 0 Å². The van der Waals surface area contributed by atoms with E-state index in [9.17, 15) is 9.59 Å². The number of amides is 1. The Balaban J connectivity index is 0. The van der Waals surface area contributed by atoms with Crippen molar-refractivity contribution in [3.05, 3.63) is 0 Å². The van der Waals surface area contributed by atoms with Crippen molar-refractivity contribution in [2.75, 3.05) is 6.54 Å². The number of carbonyl (C=O) groups excluding carboxylic acids is 1. The zero-order chi connectivity index (χ0) is 16.9. The van der Waals surface area contributed by atoms with E-state index in [0.717, 1.165) is 32.0 Å². The van der Waals surface area contributed by atoms with Gasteiger partial charge in [-0.05, 0) is 12.8 Å². The van der Waals surface area contributed by atoms with Crippen LogP contribution in [0.25, 0.3) is 0 Å². The Kier molecular flexibility index (Phi) is 23.4. The van der Waals surface area contributed by atoms with Gasteiger partial charge in [-0.2, -0.15) is 0 Å². The van der Waals surface area contributed by atoms with Gasteiger partial charge < -0.3 is 15.2 Å². The first kappa shape index (κ1) is 23.2. The van der Waals surface area contributed by atoms with Crippen LogP contribution < -0.4 is 5.32 Å². The van der Waals surface area contributed by atoms with Crippen molar-refractivity contribution >= 4 is 12.4 Å². The Labute approximate surface area is 137 Å². The van der Waals surface area contributed by atoms with Gasteiger partial charge in [0, 0.05) is 13.0 Å². The third-order valence-corrected chi connectivity index (χ3v) is 3.48. The molecule has 0 saturated heterocycles. The highest BCUT2D eigenvalue weighted by atomic mass is 16.4. The van der Waals surface area contributed by atoms with Crippen molar-refractivity contribution in [2.24, 2.45) is 0 Å². The van der Waals surface area contributed by atoms with E-state index in [4.69, 9.17) is 5.11 Å². The molecule has 22 heavy (non-hydrogen) atoms. The van der Waals surface area contributed by atoms with E-state index in [0.29, 0.717) is 6.54 Å². The Morgan fingerprint density at radius 3 is 1.73 bits per heavy atom. The van der Waals surface area contributed by atoms with Gasteiger partial charge in [-0.3, -0.25) is 0 Å². The minimum absolute atomic E-state index is 0.599. The van der Waals surface area contributed by atoms with Crippen molar-refractivity contribution in [1.82, 2.24) is 5.32 Å². The summed E-state index contributed by atoms with van der Waals surface area (Å²) in [6, 6.07) is 0. The Morgan fingerprint density at radius 1 is 0.818 bits per heavy atom. The van der Waals surface area contributed by atoms with Crippen LogP contribution in [0.15, 0.2) is 0 Å². The van der Waals surface area contributed by atoms with E-state index in [1.165, 1.54) is 57.8 Å². The van der Waals surface area contributed by atoms with Crippen molar-refractivity contribution in [1.29, 1.82) is 0 Å². The zero-order valence-corrected chi connectivity index (χ0v) is 14.7. The van der Waals surface area contributed by atoms with Gasteiger partial charge in [0.1, 0.15) is 6.29 Å².